The van der Waals surface area contributed by atoms with Crippen molar-refractivity contribution in [2.75, 3.05) is 11.1 Å². The first-order valence-corrected chi connectivity index (χ1v) is 5.84. The number of nitrogens with one attached hydrogen (secondary N) is 1. The van der Waals surface area contributed by atoms with E-state index in [-0.39, 0.29) is 0 Å². The van der Waals surface area contributed by atoms with Crippen LogP contribution in [0.3, 0.4) is 0 Å². The van der Waals surface area contributed by atoms with E-state index in [0.29, 0.717) is 0 Å². The predicted octanol–water partition coefficient (Wildman–Crippen LogP) is 4.08. The van der Waals surface area contributed by atoms with E-state index in [1.165, 1.54) is 5.56 Å². The predicted molar refractivity (Wildman–Crippen MR) is 73.0 cm³/mol. The largest absolute Gasteiger partial charge is 0.399 e. The average molecular weight is 277 g/mol. The molecule has 0 fully saturated rings. The second-order valence-electron chi connectivity index (χ2n) is 3.66. The van der Waals surface area contributed by atoms with Gasteiger partial charge in [0, 0.05) is 21.5 Å². The number of halogens is 1. The zero-order chi connectivity index (χ0) is 11.5. The SMILES string of the molecule is Cc1c(Br)cccc1Nc1cccc(N)c1. The minimum absolute atomic E-state index is 0.762. The number of nitrogen functional groups attached to an aromatic ring is 1. The fourth-order valence-electron chi connectivity index (χ4n) is 1.51. The Morgan fingerprint density at radius 1 is 1.12 bits per heavy atom. The fourth-order valence-corrected chi connectivity index (χ4v) is 1.88. The van der Waals surface area contributed by atoms with Gasteiger partial charge in [0.05, 0.1) is 0 Å². The smallest absolute Gasteiger partial charge is 0.0425 e. The number of benzene rings is 2. The molecule has 82 valence electrons. The van der Waals surface area contributed by atoms with Crippen molar-refractivity contribution >= 4 is 33.0 Å². The van der Waals surface area contributed by atoms with Gasteiger partial charge in [-0.1, -0.05) is 28.1 Å². The summed E-state index contributed by atoms with van der Waals surface area (Å²) in [6.07, 6.45) is 0. The first-order valence-electron chi connectivity index (χ1n) is 5.04. The summed E-state index contributed by atoms with van der Waals surface area (Å²) < 4.78 is 1.10. The molecule has 2 rings (SSSR count). The lowest BCUT2D eigenvalue weighted by Crippen LogP contribution is -1.94. The van der Waals surface area contributed by atoms with Gasteiger partial charge in [0.1, 0.15) is 0 Å². The molecule has 0 unspecified atom stereocenters. The van der Waals surface area contributed by atoms with Crippen LogP contribution in [0.4, 0.5) is 17.1 Å². The van der Waals surface area contributed by atoms with Crippen molar-refractivity contribution in [2.24, 2.45) is 0 Å². The molecule has 2 aromatic rings. The molecule has 0 aliphatic rings. The molecule has 3 heteroatoms. The van der Waals surface area contributed by atoms with E-state index in [0.717, 1.165) is 21.5 Å². The van der Waals surface area contributed by atoms with Crippen LogP contribution in [-0.2, 0) is 0 Å². The Kier molecular flexibility index (Phi) is 3.15. The topological polar surface area (TPSA) is 38.0 Å². The average Bonchev–Trinajstić information content (AvgIpc) is 2.25. The summed E-state index contributed by atoms with van der Waals surface area (Å²) >= 11 is 3.51. The van der Waals surface area contributed by atoms with Crippen molar-refractivity contribution < 1.29 is 0 Å². The molecule has 0 atom stereocenters. The Labute approximate surface area is 104 Å². The van der Waals surface area contributed by atoms with Crippen LogP contribution in [0.15, 0.2) is 46.9 Å². The Balaban J connectivity index is 2.31. The number of nitrogens with two attached hydrogens (primary N) is 1. The second-order valence-corrected chi connectivity index (χ2v) is 4.52. The minimum atomic E-state index is 0.762. The van der Waals surface area contributed by atoms with Gasteiger partial charge in [-0.3, -0.25) is 0 Å². The summed E-state index contributed by atoms with van der Waals surface area (Å²) in [5.41, 5.74) is 9.76. The van der Waals surface area contributed by atoms with E-state index in [4.69, 9.17) is 5.73 Å². The van der Waals surface area contributed by atoms with E-state index >= 15 is 0 Å². The molecule has 2 nitrogen and oxygen atoms in total. The first-order chi connectivity index (χ1) is 7.66. The summed E-state index contributed by atoms with van der Waals surface area (Å²) in [5.74, 6) is 0. The number of anilines is 3. The third-order valence-corrected chi connectivity index (χ3v) is 3.29. The molecular formula is C13H13BrN2. The van der Waals surface area contributed by atoms with Crippen LogP contribution in [0.25, 0.3) is 0 Å². The molecule has 0 saturated carbocycles. The van der Waals surface area contributed by atoms with E-state index in [1.807, 2.05) is 42.5 Å². The highest BCUT2D eigenvalue weighted by Gasteiger charge is 2.01. The third-order valence-electron chi connectivity index (χ3n) is 2.43. The van der Waals surface area contributed by atoms with Gasteiger partial charge in [-0.25, -0.2) is 0 Å². The van der Waals surface area contributed by atoms with E-state index in [9.17, 15) is 0 Å². The molecule has 0 amide bonds. The summed E-state index contributed by atoms with van der Waals surface area (Å²) in [5, 5.41) is 3.34. The monoisotopic (exact) mass is 276 g/mol. The normalized spacial score (nSPS) is 10.1. The third kappa shape index (κ3) is 2.36. The Hall–Kier alpha value is -1.48. The van der Waals surface area contributed by atoms with Gasteiger partial charge in [-0.15, -0.1) is 0 Å². The molecule has 0 saturated heterocycles. The molecule has 0 radical (unpaired) electrons. The zero-order valence-electron chi connectivity index (χ0n) is 9.00. The van der Waals surface area contributed by atoms with Gasteiger partial charge >= 0.3 is 0 Å². The molecule has 3 N–H and O–H groups in total. The standard InChI is InChI=1S/C13H13BrN2/c1-9-12(14)6-3-7-13(9)16-11-5-2-4-10(15)8-11/h2-8,16H,15H2,1H3. The van der Waals surface area contributed by atoms with Gasteiger partial charge in [-0.05, 0) is 42.8 Å². The quantitative estimate of drug-likeness (QED) is 0.811. The molecule has 0 heterocycles. The lowest BCUT2D eigenvalue weighted by Gasteiger charge is -2.11. The molecule has 0 spiro atoms. The Morgan fingerprint density at radius 3 is 2.62 bits per heavy atom. The van der Waals surface area contributed by atoms with Crippen LogP contribution in [-0.4, -0.2) is 0 Å². The van der Waals surface area contributed by atoms with Crippen molar-refractivity contribution in [1.82, 2.24) is 0 Å². The highest BCUT2D eigenvalue weighted by Crippen LogP contribution is 2.26. The number of hydrogen-bond donors (Lipinski definition) is 2. The van der Waals surface area contributed by atoms with Crippen LogP contribution >= 0.6 is 15.9 Å². The van der Waals surface area contributed by atoms with Crippen molar-refractivity contribution in [3.05, 3.63) is 52.5 Å². The van der Waals surface area contributed by atoms with E-state index in [1.54, 1.807) is 0 Å². The number of rotatable bonds is 2. The first kappa shape index (κ1) is 11.0. The highest BCUT2D eigenvalue weighted by atomic mass is 79.9. The molecule has 0 aliphatic heterocycles. The van der Waals surface area contributed by atoms with Gasteiger partial charge in [0.2, 0.25) is 0 Å². The van der Waals surface area contributed by atoms with Crippen molar-refractivity contribution in [1.29, 1.82) is 0 Å². The van der Waals surface area contributed by atoms with Crippen LogP contribution in [0.2, 0.25) is 0 Å². The molecule has 0 aliphatic carbocycles. The summed E-state index contributed by atoms with van der Waals surface area (Å²) in [6, 6.07) is 13.8. The Morgan fingerprint density at radius 2 is 1.88 bits per heavy atom. The lowest BCUT2D eigenvalue weighted by molar-refractivity contribution is 1.40. The molecule has 0 aromatic heterocycles. The second kappa shape index (κ2) is 4.58. The van der Waals surface area contributed by atoms with Crippen molar-refractivity contribution in [3.63, 3.8) is 0 Å². The molecule has 16 heavy (non-hydrogen) atoms. The van der Waals surface area contributed by atoms with Gasteiger partial charge < -0.3 is 11.1 Å². The van der Waals surface area contributed by atoms with Crippen LogP contribution in [0.1, 0.15) is 5.56 Å². The summed E-state index contributed by atoms with van der Waals surface area (Å²) in [6.45, 7) is 2.07. The molecular weight excluding hydrogens is 264 g/mol. The van der Waals surface area contributed by atoms with Crippen LogP contribution in [0.5, 0.6) is 0 Å². The molecule has 0 bridgehead atoms. The maximum Gasteiger partial charge on any atom is 0.0425 e. The van der Waals surface area contributed by atoms with Crippen molar-refractivity contribution in [3.8, 4) is 0 Å². The minimum Gasteiger partial charge on any atom is -0.399 e. The van der Waals surface area contributed by atoms with Gasteiger partial charge in [0.25, 0.3) is 0 Å². The van der Waals surface area contributed by atoms with E-state index < -0.39 is 0 Å². The van der Waals surface area contributed by atoms with Crippen molar-refractivity contribution in [2.45, 2.75) is 6.92 Å². The maximum absolute atomic E-state index is 5.73. The molecule has 2 aromatic carbocycles. The maximum atomic E-state index is 5.73. The number of hydrogen-bond acceptors (Lipinski definition) is 2. The lowest BCUT2D eigenvalue weighted by atomic mass is 10.2. The van der Waals surface area contributed by atoms with E-state index in [2.05, 4.69) is 28.2 Å². The Bertz CT molecular complexity index is 509. The zero-order valence-corrected chi connectivity index (χ0v) is 10.6. The summed E-state index contributed by atoms with van der Waals surface area (Å²) in [4.78, 5) is 0. The van der Waals surface area contributed by atoms with Gasteiger partial charge in [-0.2, -0.15) is 0 Å². The highest BCUT2D eigenvalue weighted by molar-refractivity contribution is 9.10. The van der Waals surface area contributed by atoms with Crippen LogP contribution in [0, 0.1) is 6.92 Å². The summed E-state index contributed by atoms with van der Waals surface area (Å²) in [7, 11) is 0. The van der Waals surface area contributed by atoms with Gasteiger partial charge in [0.15, 0.2) is 0 Å². The van der Waals surface area contributed by atoms with Crippen LogP contribution < -0.4 is 11.1 Å². The fraction of sp³-hybridized carbons (Fsp3) is 0.0769.